The SMILES string of the molecule is CC1(C)c2cccc(-c3ccc(-c4ccc(/C(=C/Cc5cccc(-c6ccccc6)c5)N=C(N)c5ccccc5)c5ccccc45)c4ccccc34)c2-c2ccc3ccccc3c21. The van der Waals surface area contributed by atoms with E-state index in [-0.39, 0.29) is 5.41 Å². The maximum Gasteiger partial charge on any atom is 0.131 e. The first-order valence-corrected chi connectivity index (χ1v) is 21.9. The number of rotatable bonds is 8. The van der Waals surface area contributed by atoms with Gasteiger partial charge in [0.25, 0.3) is 0 Å². The quantitative estimate of drug-likeness (QED) is 0.121. The molecule has 0 saturated carbocycles. The monoisotopic (exact) mass is 806 g/mol. The molecule has 11 rings (SSSR count). The van der Waals surface area contributed by atoms with Crippen LogP contribution in [0, 0.1) is 0 Å². The van der Waals surface area contributed by atoms with E-state index in [0.717, 1.165) is 22.2 Å². The third kappa shape index (κ3) is 6.63. The Balaban J connectivity index is 1.05. The summed E-state index contributed by atoms with van der Waals surface area (Å²) >= 11 is 0. The number of nitrogens with zero attached hydrogens (tertiary/aromatic N) is 1. The molecule has 10 aromatic rings. The minimum Gasteiger partial charge on any atom is -0.383 e. The van der Waals surface area contributed by atoms with Gasteiger partial charge in [-0.2, -0.15) is 0 Å². The smallest absolute Gasteiger partial charge is 0.131 e. The van der Waals surface area contributed by atoms with E-state index in [4.69, 9.17) is 10.7 Å². The first kappa shape index (κ1) is 38.1. The van der Waals surface area contributed by atoms with Crippen LogP contribution in [-0.4, -0.2) is 5.84 Å². The maximum atomic E-state index is 6.80. The second-order valence-corrected chi connectivity index (χ2v) is 17.2. The van der Waals surface area contributed by atoms with Crippen LogP contribution in [0.5, 0.6) is 0 Å². The Bertz CT molecular complexity index is 3450. The Hall–Kier alpha value is -7.81. The zero-order valence-electron chi connectivity index (χ0n) is 35.5. The number of hydrogen-bond acceptors (Lipinski definition) is 1. The zero-order valence-corrected chi connectivity index (χ0v) is 35.5. The highest BCUT2D eigenvalue weighted by Gasteiger charge is 2.38. The molecule has 0 radical (unpaired) electrons. The summed E-state index contributed by atoms with van der Waals surface area (Å²) in [6.07, 6.45) is 2.93. The second kappa shape index (κ2) is 15.6. The van der Waals surface area contributed by atoms with Gasteiger partial charge in [-0.25, -0.2) is 4.99 Å². The first-order chi connectivity index (χ1) is 30.9. The number of allylic oxidation sites excluding steroid dienone is 1. The number of benzene rings is 10. The van der Waals surface area contributed by atoms with Crippen molar-refractivity contribution < 1.29 is 0 Å². The van der Waals surface area contributed by atoms with Gasteiger partial charge in [0.15, 0.2) is 0 Å². The Morgan fingerprint density at radius 2 is 1.03 bits per heavy atom. The van der Waals surface area contributed by atoms with Crippen LogP contribution in [-0.2, 0) is 11.8 Å². The number of amidine groups is 1. The van der Waals surface area contributed by atoms with Crippen LogP contribution < -0.4 is 5.73 Å². The van der Waals surface area contributed by atoms with Gasteiger partial charge in [-0.05, 0) is 99.9 Å². The predicted octanol–water partition coefficient (Wildman–Crippen LogP) is 15.4. The topological polar surface area (TPSA) is 38.4 Å². The number of nitrogens with two attached hydrogens (primary N) is 1. The van der Waals surface area contributed by atoms with Gasteiger partial charge in [0, 0.05) is 16.5 Å². The summed E-state index contributed by atoms with van der Waals surface area (Å²) in [6.45, 7) is 4.77. The summed E-state index contributed by atoms with van der Waals surface area (Å²) < 4.78 is 0. The highest BCUT2D eigenvalue weighted by molar-refractivity contribution is 6.13. The Labute approximate surface area is 369 Å². The molecule has 2 heteroatoms. The summed E-state index contributed by atoms with van der Waals surface area (Å²) in [4.78, 5) is 5.19. The molecular weight excluding hydrogens is 761 g/mol. The molecule has 1 aliphatic rings. The summed E-state index contributed by atoms with van der Waals surface area (Å²) in [5.74, 6) is 0.487. The van der Waals surface area contributed by atoms with Crippen molar-refractivity contribution in [2.24, 2.45) is 10.7 Å². The summed E-state index contributed by atoms with van der Waals surface area (Å²) in [5, 5.41) is 7.38. The first-order valence-electron chi connectivity index (χ1n) is 21.9. The highest BCUT2D eigenvalue weighted by Crippen LogP contribution is 2.55. The molecular formula is C61H46N2. The molecule has 0 bridgehead atoms. The van der Waals surface area contributed by atoms with Crippen LogP contribution in [0.4, 0.5) is 0 Å². The molecule has 0 fully saturated rings. The van der Waals surface area contributed by atoms with Gasteiger partial charge in [-0.15, -0.1) is 0 Å². The predicted molar refractivity (Wildman–Crippen MR) is 268 cm³/mol. The maximum absolute atomic E-state index is 6.80. The molecule has 0 spiro atoms. The van der Waals surface area contributed by atoms with Gasteiger partial charge < -0.3 is 5.73 Å². The third-order valence-corrected chi connectivity index (χ3v) is 13.1. The average Bonchev–Trinajstić information content (AvgIpc) is 3.59. The van der Waals surface area contributed by atoms with Gasteiger partial charge in [-0.1, -0.05) is 232 Å². The van der Waals surface area contributed by atoms with Crippen LogP contribution in [0.1, 0.15) is 41.7 Å². The van der Waals surface area contributed by atoms with Gasteiger partial charge >= 0.3 is 0 Å². The number of hydrogen-bond donors (Lipinski definition) is 1. The number of aliphatic imine (C=N–C) groups is 1. The molecule has 10 aromatic carbocycles. The third-order valence-electron chi connectivity index (χ3n) is 13.1. The van der Waals surface area contributed by atoms with Crippen molar-refractivity contribution in [2.75, 3.05) is 0 Å². The normalized spacial score (nSPS) is 13.4. The molecule has 0 atom stereocenters. The van der Waals surface area contributed by atoms with Crippen molar-refractivity contribution in [3.05, 3.63) is 246 Å². The minimum atomic E-state index is -0.132. The summed E-state index contributed by atoms with van der Waals surface area (Å²) in [6, 6.07) is 76.6. The van der Waals surface area contributed by atoms with E-state index >= 15 is 0 Å². The molecule has 1 aliphatic carbocycles. The summed E-state index contributed by atoms with van der Waals surface area (Å²) in [5.41, 5.74) is 23.4. The van der Waals surface area contributed by atoms with Crippen molar-refractivity contribution >= 4 is 43.9 Å². The molecule has 0 heterocycles. The van der Waals surface area contributed by atoms with Crippen LogP contribution in [0.25, 0.3) is 82.5 Å². The largest absolute Gasteiger partial charge is 0.383 e. The zero-order chi connectivity index (χ0) is 42.5. The molecule has 2 N–H and O–H groups in total. The van der Waals surface area contributed by atoms with Crippen LogP contribution >= 0.6 is 0 Å². The van der Waals surface area contributed by atoms with E-state index in [2.05, 4.69) is 202 Å². The van der Waals surface area contributed by atoms with Gasteiger partial charge in [0.05, 0.1) is 5.70 Å². The lowest BCUT2D eigenvalue weighted by molar-refractivity contribution is 0.666. The summed E-state index contributed by atoms with van der Waals surface area (Å²) in [7, 11) is 0. The van der Waals surface area contributed by atoms with E-state index in [1.54, 1.807) is 0 Å². The average molecular weight is 807 g/mol. The van der Waals surface area contributed by atoms with E-state index in [0.29, 0.717) is 12.3 Å². The van der Waals surface area contributed by atoms with Gasteiger partial charge in [0.1, 0.15) is 5.84 Å². The Morgan fingerprint density at radius 3 is 1.76 bits per heavy atom. The van der Waals surface area contributed by atoms with Gasteiger partial charge in [-0.3, -0.25) is 0 Å². The Kier molecular flexibility index (Phi) is 9.43. The molecule has 0 saturated heterocycles. The van der Waals surface area contributed by atoms with E-state index < -0.39 is 0 Å². The minimum absolute atomic E-state index is 0.132. The van der Waals surface area contributed by atoms with E-state index in [1.165, 1.54) is 88.1 Å². The van der Waals surface area contributed by atoms with E-state index in [9.17, 15) is 0 Å². The molecule has 63 heavy (non-hydrogen) atoms. The standard InChI is InChI=1S/C61H46N2/c1-61(2)56-30-16-29-54(58(56)55-33-32-42-20-9-10-24-45(42)59(55)61)52-35-34-50(46-25-11-12-26-47(46)52)51-36-37-53(49-28-14-13-27-48(49)51)57(63-60(62)43-21-7-4-8-22-43)38-31-40-17-15-23-44(39-40)41-18-5-3-6-19-41/h3-30,32-39H,31H2,1-2H3,(H2,62,63)/b57-38-. The van der Waals surface area contributed by atoms with Crippen LogP contribution in [0.3, 0.4) is 0 Å². The fourth-order valence-electron chi connectivity index (χ4n) is 10.1. The van der Waals surface area contributed by atoms with Crippen molar-refractivity contribution in [2.45, 2.75) is 25.7 Å². The lowest BCUT2D eigenvalue weighted by Gasteiger charge is -2.23. The van der Waals surface area contributed by atoms with Crippen molar-refractivity contribution in [3.8, 4) is 44.5 Å². The number of fused-ring (bicyclic) bond motifs is 7. The fourth-order valence-corrected chi connectivity index (χ4v) is 10.1. The molecule has 300 valence electrons. The molecule has 0 aromatic heterocycles. The lowest BCUT2D eigenvalue weighted by Crippen LogP contribution is -2.15. The molecule has 0 amide bonds. The second-order valence-electron chi connectivity index (χ2n) is 17.2. The fraction of sp³-hybridized carbons (Fsp3) is 0.0656. The van der Waals surface area contributed by atoms with E-state index in [1.807, 2.05) is 30.3 Å². The van der Waals surface area contributed by atoms with Crippen LogP contribution in [0.2, 0.25) is 0 Å². The van der Waals surface area contributed by atoms with Crippen molar-refractivity contribution in [1.82, 2.24) is 0 Å². The lowest BCUT2D eigenvalue weighted by atomic mass is 9.80. The Morgan fingerprint density at radius 1 is 0.476 bits per heavy atom. The van der Waals surface area contributed by atoms with Crippen molar-refractivity contribution in [3.63, 3.8) is 0 Å². The van der Waals surface area contributed by atoms with Crippen molar-refractivity contribution in [1.29, 1.82) is 0 Å². The van der Waals surface area contributed by atoms with Crippen LogP contribution in [0.15, 0.2) is 223 Å². The molecule has 2 nitrogen and oxygen atoms in total. The highest BCUT2D eigenvalue weighted by atomic mass is 14.9. The molecule has 0 aliphatic heterocycles. The molecule has 0 unspecified atom stereocenters. The van der Waals surface area contributed by atoms with Gasteiger partial charge in [0.2, 0.25) is 0 Å².